The van der Waals surface area contributed by atoms with Crippen molar-refractivity contribution < 1.29 is 4.79 Å². The van der Waals surface area contributed by atoms with E-state index in [4.69, 9.17) is 5.73 Å². The molecule has 122 valence electrons. The summed E-state index contributed by atoms with van der Waals surface area (Å²) in [5.41, 5.74) is 7.66. The van der Waals surface area contributed by atoms with Gasteiger partial charge in [0.25, 0.3) is 0 Å². The molecule has 0 bridgehead atoms. The summed E-state index contributed by atoms with van der Waals surface area (Å²) in [5, 5.41) is 3.32. The van der Waals surface area contributed by atoms with Gasteiger partial charge in [-0.1, -0.05) is 41.1 Å². The van der Waals surface area contributed by atoms with Crippen LogP contribution in [-0.4, -0.2) is 17.7 Å². The van der Waals surface area contributed by atoms with E-state index in [1.165, 1.54) is 4.90 Å². The summed E-state index contributed by atoms with van der Waals surface area (Å²) >= 11 is 5.18. The number of halogens is 1. The molecule has 0 saturated carbocycles. The minimum atomic E-state index is 0.0662. The maximum atomic E-state index is 12.0. The van der Waals surface area contributed by atoms with Crippen molar-refractivity contribution >= 4 is 39.3 Å². The van der Waals surface area contributed by atoms with Crippen LogP contribution in [-0.2, 0) is 11.2 Å². The van der Waals surface area contributed by atoms with Crippen molar-refractivity contribution in [2.24, 2.45) is 0 Å². The molecule has 2 aromatic rings. The molecule has 1 atom stereocenters. The lowest BCUT2D eigenvalue weighted by atomic mass is 10.1. The molecule has 0 fully saturated rings. The third-order valence-electron chi connectivity index (χ3n) is 3.41. The highest BCUT2D eigenvalue weighted by Gasteiger charge is 2.08. The van der Waals surface area contributed by atoms with Gasteiger partial charge in [0.05, 0.1) is 0 Å². The number of nitrogen functional groups attached to an aromatic ring is 1. The second-order valence-electron chi connectivity index (χ2n) is 5.39. The molecule has 23 heavy (non-hydrogen) atoms. The molecule has 0 aliphatic rings. The second-order valence-corrected chi connectivity index (χ2v) is 7.81. The Morgan fingerprint density at radius 1 is 1.22 bits per heavy atom. The van der Waals surface area contributed by atoms with E-state index >= 15 is 0 Å². The molecule has 0 spiro atoms. The summed E-state index contributed by atoms with van der Waals surface area (Å²) in [6, 6.07) is 15.9. The van der Waals surface area contributed by atoms with Crippen LogP contribution in [0.2, 0.25) is 0 Å². The highest BCUT2D eigenvalue weighted by atomic mass is 79.9. The van der Waals surface area contributed by atoms with E-state index in [2.05, 4.69) is 40.3 Å². The van der Waals surface area contributed by atoms with Gasteiger partial charge in [0, 0.05) is 33.3 Å². The van der Waals surface area contributed by atoms with Gasteiger partial charge in [0.1, 0.15) is 0 Å². The van der Waals surface area contributed by atoms with Crippen molar-refractivity contribution in [3.63, 3.8) is 0 Å². The Bertz CT molecular complexity index is 646. The third kappa shape index (κ3) is 6.28. The van der Waals surface area contributed by atoms with Crippen LogP contribution in [0.3, 0.4) is 0 Å². The fourth-order valence-electron chi connectivity index (χ4n) is 2.14. The molecule has 1 amide bonds. The number of anilines is 1. The molecule has 0 aromatic heterocycles. The molecule has 2 rings (SSSR count). The van der Waals surface area contributed by atoms with Gasteiger partial charge >= 0.3 is 0 Å². The molecule has 0 aliphatic heterocycles. The number of nitrogens with two attached hydrogens (primary N) is 1. The highest BCUT2D eigenvalue weighted by Crippen LogP contribution is 2.24. The first-order valence-electron chi connectivity index (χ1n) is 7.57. The monoisotopic (exact) mass is 392 g/mol. The maximum Gasteiger partial charge on any atom is 0.220 e. The number of para-hydroxylation sites is 1. The van der Waals surface area contributed by atoms with E-state index < -0.39 is 0 Å². The number of carbonyl (C=O) groups excluding carboxylic acids is 1. The normalized spacial score (nSPS) is 11.9. The minimum absolute atomic E-state index is 0.0662. The molecule has 0 heterocycles. The summed E-state index contributed by atoms with van der Waals surface area (Å²) in [7, 11) is 0. The van der Waals surface area contributed by atoms with E-state index in [9.17, 15) is 4.79 Å². The highest BCUT2D eigenvalue weighted by molar-refractivity contribution is 9.10. The van der Waals surface area contributed by atoms with Crippen LogP contribution < -0.4 is 11.1 Å². The molecule has 5 heteroatoms. The predicted molar refractivity (Wildman–Crippen MR) is 102 cm³/mol. The standard InChI is InChI=1S/C18H21BrN2OS/c1-13(23-16-9-7-15(19)8-10-16)12-21-18(22)11-6-14-4-2-3-5-17(14)20/h2-5,7-10,13H,6,11-12,20H2,1H3,(H,21,22). The van der Waals surface area contributed by atoms with Gasteiger partial charge in [-0.3, -0.25) is 4.79 Å². The molecule has 2 aromatic carbocycles. The smallest absolute Gasteiger partial charge is 0.220 e. The Morgan fingerprint density at radius 3 is 2.61 bits per heavy atom. The number of aryl methyl sites for hydroxylation is 1. The predicted octanol–water partition coefficient (Wildman–Crippen LogP) is 4.26. The molecular formula is C18H21BrN2OS. The SMILES string of the molecule is CC(CNC(=O)CCc1ccccc1N)Sc1ccc(Br)cc1. The van der Waals surface area contributed by atoms with E-state index in [1.807, 2.05) is 36.4 Å². The van der Waals surface area contributed by atoms with E-state index in [-0.39, 0.29) is 5.91 Å². The zero-order valence-electron chi connectivity index (χ0n) is 13.1. The topological polar surface area (TPSA) is 55.1 Å². The lowest BCUT2D eigenvalue weighted by molar-refractivity contribution is -0.121. The number of amides is 1. The lowest BCUT2D eigenvalue weighted by Crippen LogP contribution is -2.29. The Hall–Kier alpha value is -1.46. The summed E-state index contributed by atoms with van der Waals surface area (Å²) in [6.07, 6.45) is 1.14. The van der Waals surface area contributed by atoms with E-state index in [0.717, 1.165) is 15.7 Å². The molecule has 1 unspecified atom stereocenters. The Morgan fingerprint density at radius 2 is 1.91 bits per heavy atom. The average molecular weight is 393 g/mol. The van der Waals surface area contributed by atoms with Crippen LogP contribution in [0, 0.1) is 0 Å². The second kappa shape index (κ2) is 8.99. The van der Waals surface area contributed by atoms with E-state index in [0.29, 0.717) is 24.6 Å². The number of benzene rings is 2. The number of rotatable bonds is 7. The zero-order chi connectivity index (χ0) is 16.7. The Balaban J connectivity index is 1.71. The molecule has 3 N–H and O–H groups in total. The van der Waals surface area contributed by atoms with Crippen molar-refractivity contribution in [3.05, 3.63) is 58.6 Å². The van der Waals surface area contributed by atoms with Gasteiger partial charge in [-0.05, 0) is 42.3 Å². The van der Waals surface area contributed by atoms with Gasteiger partial charge in [0.2, 0.25) is 5.91 Å². The van der Waals surface area contributed by atoms with Gasteiger partial charge in [0.15, 0.2) is 0 Å². The van der Waals surface area contributed by atoms with Gasteiger partial charge in [-0.15, -0.1) is 11.8 Å². The lowest BCUT2D eigenvalue weighted by Gasteiger charge is -2.13. The fraction of sp³-hybridized carbons (Fsp3) is 0.278. The van der Waals surface area contributed by atoms with Crippen molar-refractivity contribution in [1.29, 1.82) is 0 Å². The Kier molecular flexibility index (Phi) is 6.99. The number of nitrogens with one attached hydrogen (secondary N) is 1. The van der Waals surface area contributed by atoms with Crippen LogP contribution in [0.25, 0.3) is 0 Å². The Labute approximate surface area is 150 Å². The maximum absolute atomic E-state index is 12.0. The molecule has 0 aliphatic carbocycles. The van der Waals surface area contributed by atoms with Crippen LogP contribution in [0.5, 0.6) is 0 Å². The van der Waals surface area contributed by atoms with Crippen molar-refractivity contribution in [2.75, 3.05) is 12.3 Å². The van der Waals surface area contributed by atoms with Crippen LogP contribution in [0.1, 0.15) is 18.9 Å². The average Bonchev–Trinajstić information content (AvgIpc) is 2.54. The summed E-state index contributed by atoms with van der Waals surface area (Å²) in [5.74, 6) is 0.0662. The third-order valence-corrected chi connectivity index (χ3v) is 5.06. The van der Waals surface area contributed by atoms with Crippen molar-refractivity contribution in [3.8, 4) is 0 Å². The van der Waals surface area contributed by atoms with Gasteiger partial charge < -0.3 is 11.1 Å². The summed E-state index contributed by atoms with van der Waals surface area (Å²) in [6.45, 7) is 2.77. The number of hydrogen-bond donors (Lipinski definition) is 2. The molecule has 0 radical (unpaired) electrons. The van der Waals surface area contributed by atoms with E-state index in [1.54, 1.807) is 11.8 Å². The zero-order valence-corrected chi connectivity index (χ0v) is 15.5. The number of hydrogen-bond acceptors (Lipinski definition) is 3. The first-order chi connectivity index (χ1) is 11.0. The molecular weight excluding hydrogens is 372 g/mol. The van der Waals surface area contributed by atoms with Crippen LogP contribution >= 0.6 is 27.7 Å². The number of thioether (sulfide) groups is 1. The summed E-state index contributed by atoms with van der Waals surface area (Å²) < 4.78 is 1.07. The minimum Gasteiger partial charge on any atom is -0.399 e. The quantitative estimate of drug-likeness (QED) is 0.546. The molecule has 0 saturated heterocycles. The van der Waals surface area contributed by atoms with Crippen molar-refractivity contribution in [2.45, 2.75) is 29.9 Å². The van der Waals surface area contributed by atoms with Crippen LogP contribution in [0.4, 0.5) is 5.69 Å². The van der Waals surface area contributed by atoms with Crippen LogP contribution in [0.15, 0.2) is 57.9 Å². The van der Waals surface area contributed by atoms with Crippen molar-refractivity contribution in [1.82, 2.24) is 5.32 Å². The van der Waals surface area contributed by atoms with Gasteiger partial charge in [-0.2, -0.15) is 0 Å². The first kappa shape index (κ1) is 17.9. The first-order valence-corrected chi connectivity index (χ1v) is 9.24. The van der Waals surface area contributed by atoms with Gasteiger partial charge in [-0.25, -0.2) is 0 Å². The molecule has 3 nitrogen and oxygen atoms in total. The summed E-state index contributed by atoms with van der Waals surface area (Å²) in [4.78, 5) is 13.2. The largest absolute Gasteiger partial charge is 0.399 e. The fourth-order valence-corrected chi connectivity index (χ4v) is 3.33. The number of carbonyl (C=O) groups is 1.